The molecule has 5 heteroatoms. The van der Waals surface area contributed by atoms with Crippen LogP contribution in [-0.4, -0.2) is 36.6 Å². The fraction of sp³-hybridized carbons (Fsp3) is 0.778. The van der Waals surface area contributed by atoms with Crippen molar-refractivity contribution in [1.29, 1.82) is 0 Å². The summed E-state index contributed by atoms with van der Waals surface area (Å²) in [4.78, 5) is 0. The van der Waals surface area contributed by atoms with Crippen LogP contribution in [0.15, 0.2) is 34.2 Å². The monoisotopic (exact) mass is 452 g/mol. The van der Waals surface area contributed by atoms with Crippen LogP contribution in [-0.2, 0) is 14.2 Å². The highest BCUT2D eigenvalue weighted by molar-refractivity contribution is 5.07. The molecule has 0 fully saturated rings. The van der Waals surface area contributed by atoms with Crippen LogP contribution in [0.25, 0.3) is 0 Å². The molecule has 0 radical (unpaired) electrons. The van der Waals surface area contributed by atoms with Crippen molar-refractivity contribution in [2.24, 2.45) is 17.4 Å². The van der Waals surface area contributed by atoms with Gasteiger partial charge in [-0.1, -0.05) is 11.6 Å². The van der Waals surface area contributed by atoms with Crippen LogP contribution >= 0.6 is 0 Å². The van der Waals surface area contributed by atoms with Crippen molar-refractivity contribution in [3.63, 3.8) is 0 Å². The summed E-state index contributed by atoms with van der Waals surface area (Å²) in [5.41, 5.74) is 15.8. The summed E-state index contributed by atoms with van der Waals surface area (Å²) in [5.74, 6) is 0.201. The Hall–Kier alpha value is -1.30. The molecule has 0 aliphatic rings. The van der Waals surface area contributed by atoms with Gasteiger partial charge in [-0.05, 0) is 113 Å². The molecule has 188 valence electrons. The zero-order valence-electron chi connectivity index (χ0n) is 23.1. The van der Waals surface area contributed by atoms with E-state index in [1.54, 1.807) is 0 Å². The quantitative estimate of drug-likeness (QED) is 0.305. The lowest BCUT2D eigenvalue weighted by Crippen LogP contribution is -2.44. The Kier molecular flexibility index (Phi) is 12.3. The van der Waals surface area contributed by atoms with E-state index in [2.05, 4.69) is 54.5 Å². The highest BCUT2D eigenvalue weighted by Gasteiger charge is 2.39. The summed E-state index contributed by atoms with van der Waals surface area (Å²) in [7, 11) is 0. The average molecular weight is 453 g/mol. The lowest BCUT2D eigenvalue weighted by molar-refractivity contribution is -0.117. The topological polar surface area (TPSA) is 79.7 Å². The lowest BCUT2D eigenvalue weighted by atomic mass is 9.76. The van der Waals surface area contributed by atoms with Crippen LogP contribution in [0.2, 0.25) is 0 Å². The predicted molar refractivity (Wildman–Crippen MR) is 137 cm³/mol. The highest BCUT2D eigenvalue weighted by atomic mass is 16.5. The third kappa shape index (κ3) is 12.1. The second-order valence-corrected chi connectivity index (χ2v) is 11.2. The number of hydrogen-bond acceptors (Lipinski definition) is 5. The van der Waals surface area contributed by atoms with E-state index in [4.69, 9.17) is 25.7 Å². The van der Waals surface area contributed by atoms with Crippen LogP contribution in [0.1, 0.15) is 95.9 Å². The molecule has 1 atom stereocenters. The average Bonchev–Trinajstić information content (AvgIpc) is 2.67. The van der Waals surface area contributed by atoms with Gasteiger partial charge in [0.15, 0.2) is 0 Å². The number of allylic oxidation sites excluding steroid dienone is 3. The zero-order valence-corrected chi connectivity index (χ0v) is 23.1. The van der Waals surface area contributed by atoms with E-state index in [1.165, 1.54) is 5.57 Å². The van der Waals surface area contributed by atoms with Gasteiger partial charge in [0.2, 0.25) is 0 Å². The van der Waals surface area contributed by atoms with E-state index in [0.29, 0.717) is 19.8 Å². The van der Waals surface area contributed by atoms with Crippen LogP contribution in [0, 0.1) is 5.92 Å². The molecule has 0 aromatic carbocycles. The second kappa shape index (κ2) is 12.8. The van der Waals surface area contributed by atoms with E-state index in [9.17, 15) is 0 Å². The highest BCUT2D eigenvalue weighted by Crippen LogP contribution is 2.38. The molecule has 0 aliphatic carbocycles. The van der Waals surface area contributed by atoms with Crippen LogP contribution in [0.3, 0.4) is 0 Å². The number of hydrogen-bond donors (Lipinski definition) is 2. The molecule has 0 saturated carbocycles. The summed E-state index contributed by atoms with van der Waals surface area (Å²) >= 11 is 0. The maximum Gasteiger partial charge on any atom is 0.0700 e. The maximum absolute atomic E-state index is 6.43. The molecule has 1 unspecified atom stereocenters. The standard InChI is InChI=1S/C27H52N2O3/c1-13-19(2)16-30-25(7,8)14-24(27(11,12)32-18-21(4)23(6)29)15-26(9,10)31-17-20(3)22(5)28/h13,24H,14-18,28-29H2,1-12H3/b19-13-,22-20+,23-21+. The molecule has 32 heavy (non-hydrogen) atoms. The normalized spacial score (nSPS) is 16.6. The summed E-state index contributed by atoms with van der Waals surface area (Å²) in [6, 6.07) is 0. The molecule has 0 aromatic heterocycles. The van der Waals surface area contributed by atoms with Gasteiger partial charge < -0.3 is 25.7 Å². The minimum atomic E-state index is -0.387. The van der Waals surface area contributed by atoms with E-state index in [-0.39, 0.29) is 22.7 Å². The Morgan fingerprint density at radius 3 is 1.44 bits per heavy atom. The Morgan fingerprint density at radius 2 is 1.06 bits per heavy atom. The van der Waals surface area contributed by atoms with Crippen molar-refractivity contribution < 1.29 is 14.2 Å². The molecule has 0 bridgehead atoms. The van der Waals surface area contributed by atoms with Crippen molar-refractivity contribution >= 4 is 0 Å². The van der Waals surface area contributed by atoms with Gasteiger partial charge >= 0.3 is 0 Å². The second-order valence-electron chi connectivity index (χ2n) is 11.2. The van der Waals surface area contributed by atoms with Gasteiger partial charge in [-0.3, -0.25) is 0 Å². The third-order valence-corrected chi connectivity index (χ3v) is 6.33. The van der Waals surface area contributed by atoms with Crippen molar-refractivity contribution in [3.8, 4) is 0 Å². The summed E-state index contributed by atoms with van der Waals surface area (Å²) < 4.78 is 19.0. The lowest BCUT2D eigenvalue weighted by Gasteiger charge is -2.43. The van der Waals surface area contributed by atoms with Crippen molar-refractivity contribution in [2.45, 2.75) is 113 Å². The number of nitrogens with two attached hydrogens (primary N) is 2. The molecule has 0 aliphatic heterocycles. The van der Waals surface area contributed by atoms with E-state index in [0.717, 1.165) is 35.4 Å². The fourth-order valence-corrected chi connectivity index (χ4v) is 3.20. The first-order chi connectivity index (χ1) is 14.4. The number of ether oxygens (including phenoxy) is 3. The first-order valence-electron chi connectivity index (χ1n) is 11.8. The molecular weight excluding hydrogens is 400 g/mol. The van der Waals surface area contributed by atoms with Gasteiger partial charge in [-0.2, -0.15) is 0 Å². The third-order valence-electron chi connectivity index (χ3n) is 6.33. The van der Waals surface area contributed by atoms with Gasteiger partial charge in [0.05, 0.1) is 36.6 Å². The molecule has 5 nitrogen and oxygen atoms in total. The molecular formula is C27H52N2O3. The van der Waals surface area contributed by atoms with Crippen LogP contribution in [0.5, 0.6) is 0 Å². The molecule has 0 aromatic rings. The summed E-state index contributed by atoms with van der Waals surface area (Å²) in [6.45, 7) is 26.6. The van der Waals surface area contributed by atoms with Gasteiger partial charge in [0, 0.05) is 11.4 Å². The van der Waals surface area contributed by atoms with Crippen molar-refractivity contribution in [3.05, 3.63) is 34.2 Å². The van der Waals surface area contributed by atoms with E-state index < -0.39 is 0 Å². The minimum Gasteiger partial charge on any atom is -0.402 e. The Labute approximate surface area is 198 Å². The number of rotatable bonds is 14. The van der Waals surface area contributed by atoms with Crippen molar-refractivity contribution in [2.75, 3.05) is 19.8 Å². The van der Waals surface area contributed by atoms with E-state index >= 15 is 0 Å². The first kappa shape index (κ1) is 30.7. The van der Waals surface area contributed by atoms with Gasteiger partial charge in [0.1, 0.15) is 0 Å². The fourth-order valence-electron chi connectivity index (χ4n) is 3.20. The summed E-state index contributed by atoms with van der Waals surface area (Å²) in [5, 5.41) is 0. The zero-order chi connectivity index (χ0) is 25.3. The van der Waals surface area contributed by atoms with Crippen LogP contribution in [0.4, 0.5) is 0 Å². The smallest absolute Gasteiger partial charge is 0.0700 e. The van der Waals surface area contributed by atoms with Crippen molar-refractivity contribution in [1.82, 2.24) is 0 Å². The van der Waals surface area contributed by atoms with Gasteiger partial charge in [-0.15, -0.1) is 0 Å². The Bertz CT molecular complexity index is 677. The predicted octanol–water partition coefficient (Wildman–Crippen LogP) is 6.24. The molecule has 0 heterocycles. The van der Waals surface area contributed by atoms with Gasteiger partial charge in [-0.25, -0.2) is 0 Å². The maximum atomic E-state index is 6.43. The first-order valence-corrected chi connectivity index (χ1v) is 11.8. The largest absolute Gasteiger partial charge is 0.402 e. The molecule has 4 N–H and O–H groups in total. The molecule has 0 spiro atoms. The molecule has 0 amide bonds. The van der Waals surface area contributed by atoms with E-state index in [1.807, 2.05) is 34.6 Å². The molecule has 0 saturated heterocycles. The van der Waals surface area contributed by atoms with Gasteiger partial charge in [0.25, 0.3) is 0 Å². The molecule has 0 rings (SSSR count). The Balaban J connectivity index is 5.66. The SMILES string of the molecule is C/C=C(/C)COC(C)(C)CC(CC(C)(C)OC/C(C)=C(\C)N)C(C)(C)OC/C(C)=C(\C)N. The minimum absolute atomic E-state index is 0.201. The summed E-state index contributed by atoms with van der Waals surface area (Å²) in [6.07, 6.45) is 3.77. The Morgan fingerprint density at radius 1 is 0.688 bits per heavy atom. The van der Waals surface area contributed by atoms with Crippen LogP contribution < -0.4 is 11.5 Å².